The van der Waals surface area contributed by atoms with E-state index in [1.54, 1.807) is 0 Å². The smallest absolute Gasteiger partial charge is 0.145 e. The monoisotopic (exact) mass is 243 g/mol. The van der Waals surface area contributed by atoms with Gasteiger partial charge in [-0.15, -0.1) is 0 Å². The highest BCUT2D eigenvalue weighted by molar-refractivity contribution is 9.10. The molecular weight excluding hydrogens is 230 g/mol. The van der Waals surface area contributed by atoms with Gasteiger partial charge in [0.15, 0.2) is 0 Å². The third-order valence-electron chi connectivity index (χ3n) is 1.72. The largest absolute Gasteiger partial charge is 0.491 e. The Morgan fingerprint density at radius 3 is 2.69 bits per heavy atom. The van der Waals surface area contributed by atoms with Crippen molar-refractivity contribution in [2.45, 2.75) is 20.3 Å². The molecule has 0 aliphatic rings. The van der Waals surface area contributed by atoms with Gasteiger partial charge in [-0.25, -0.2) is 0 Å². The summed E-state index contributed by atoms with van der Waals surface area (Å²) in [7, 11) is 0. The number of nitrogens with two attached hydrogens (primary N) is 1. The van der Waals surface area contributed by atoms with Gasteiger partial charge in [0.1, 0.15) is 5.75 Å². The van der Waals surface area contributed by atoms with Crippen LogP contribution in [0.5, 0.6) is 5.75 Å². The zero-order valence-electron chi connectivity index (χ0n) is 7.93. The number of aryl methyl sites for hydroxylation is 1. The lowest BCUT2D eigenvalue weighted by molar-refractivity contribution is 0.317. The van der Waals surface area contributed by atoms with Gasteiger partial charge >= 0.3 is 0 Å². The Balaban J connectivity index is 2.92. The van der Waals surface area contributed by atoms with Crippen LogP contribution in [0.2, 0.25) is 0 Å². The number of anilines is 1. The summed E-state index contributed by atoms with van der Waals surface area (Å²) in [6, 6.07) is 3.86. The number of rotatable bonds is 3. The number of nitrogen functional groups attached to an aromatic ring is 1. The lowest BCUT2D eigenvalue weighted by atomic mass is 10.2. The number of ether oxygens (including phenoxy) is 1. The SMILES string of the molecule is CCCOc1c(C)cc(Br)cc1N. The van der Waals surface area contributed by atoms with Gasteiger partial charge in [-0.3, -0.25) is 0 Å². The van der Waals surface area contributed by atoms with Crippen molar-refractivity contribution in [2.75, 3.05) is 12.3 Å². The first kappa shape index (κ1) is 10.4. The molecule has 3 heteroatoms. The Hall–Kier alpha value is -0.700. The summed E-state index contributed by atoms with van der Waals surface area (Å²) in [4.78, 5) is 0. The zero-order valence-corrected chi connectivity index (χ0v) is 9.52. The van der Waals surface area contributed by atoms with E-state index >= 15 is 0 Å². The van der Waals surface area contributed by atoms with Crippen LogP contribution in [0, 0.1) is 6.92 Å². The summed E-state index contributed by atoms with van der Waals surface area (Å²) in [5, 5.41) is 0. The van der Waals surface area contributed by atoms with Crippen LogP contribution in [-0.2, 0) is 0 Å². The molecule has 0 atom stereocenters. The van der Waals surface area contributed by atoms with E-state index in [1.165, 1.54) is 0 Å². The van der Waals surface area contributed by atoms with E-state index in [4.69, 9.17) is 10.5 Å². The van der Waals surface area contributed by atoms with Gasteiger partial charge in [0, 0.05) is 4.47 Å². The summed E-state index contributed by atoms with van der Waals surface area (Å²) in [5.74, 6) is 0.810. The second-order valence-corrected chi connectivity index (χ2v) is 3.91. The van der Waals surface area contributed by atoms with Crippen molar-refractivity contribution < 1.29 is 4.74 Å². The van der Waals surface area contributed by atoms with E-state index in [1.807, 2.05) is 19.1 Å². The lowest BCUT2D eigenvalue weighted by Gasteiger charge is -2.11. The van der Waals surface area contributed by atoms with Crippen LogP contribution < -0.4 is 10.5 Å². The molecule has 0 amide bonds. The molecule has 0 aromatic heterocycles. The number of hydrogen-bond donors (Lipinski definition) is 1. The van der Waals surface area contributed by atoms with Crippen molar-refractivity contribution >= 4 is 21.6 Å². The first-order chi connectivity index (χ1) is 6.15. The number of halogens is 1. The minimum Gasteiger partial charge on any atom is -0.491 e. The Labute approximate surface area is 87.2 Å². The summed E-state index contributed by atoms with van der Waals surface area (Å²) in [6.45, 7) is 4.78. The second-order valence-electron chi connectivity index (χ2n) is 2.99. The average molecular weight is 244 g/mol. The average Bonchev–Trinajstić information content (AvgIpc) is 2.02. The van der Waals surface area contributed by atoms with Crippen LogP contribution in [0.15, 0.2) is 16.6 Å². The zero-order chi connectivity index (χ0) is 9.84. The molecular formula is C10H14BrNO. The van der Waals surface area contributed by atoms with Gasteiger partial charge in [-0.2, -0.15) is 0 Å². The minimum absolute atomic E-state index is 0.695. The predicted molar refractivity (Wildman–Crippen MR) is 59.1 cm³/mol. The highest BCUT2D eigenvalue weighted by Gasteiger charge is 2.05. The molecule has 1 aromatic rings. The quantitative estimate of drug-likeness (QED) is 0.829. The molecule has 2 nitrogen and oxygen atoms in total. The molecule has 0 saturated heterocycles. The summed E-state index contributed by atoms with van der Waals surface area (Å²) < 4.78 is 6.52. The molecule has 0 aliphatic heterocycles. The van der Waals surface area contributed by atoms with Gasteiger partial charge < -0.3 is 10.5 Å². The van der Waals surface area contributed by atoms with Crippen LogP contribution in [0.1, 0.15) is 18.9 Å². The Kier molecular flexibility index (Phi) is 3.60. The van der Waals surface area contributed by atoms with Gasteiger partial charge in [0.25, 0.3) is 0 Å². The van der Waals surface area contributed by atoms with E-state index in [2.05, 4.69) is 22.9 Å². The molecule has 0 radical (unpaired) electrons. The molecule has 72 valence electrons. The Bertz CT molecular complexity index is 276. The molecule has 0 saturated carbocycles. The summed E-state index contributed by atoms with van der Waals surface area (Å²) >= 11 is 3.38. The van der Waals surface area contributed by atoms with E-state index in [-0.39, 0.29) is 0 Å². The molecule has 0 aliphatic carbocycles. The van der Waals surface area contributed by atoms with Crippen LogP contribution in [-0.4, -0.2) is 6.61 Å². The Morgan fingerprint density at radius 1 is 1.46 bits per heavy atom. The van der Waals surface area contributed by atoms with Crippen LogP contribution in [0.4, 0.5) is 5.69 Å². The number of hydrogen-bond acceptors (Lipinski definition) is 2. The van der Waals surface area contributed by atoms with Crippen molar-refractivity contribution in [3.63, 3.8) is 0 Å². The van der Waals surface area contributed by atoms with Crippen LogP contribution >= 0.6 is 15.9 Å². The van der Waals surface area contributed by atoms with E-state index in [0.29, 0.717) is 12.3 Å². The molecule has 1 rings (SSSR count). The van der Waals surface area contributed by atoms with Gasteiger partial charge in [0.2, 0.25) is 0 Å². The maximum atomic E-state index is 5.81. The van der Waals surface area contributed by atoms with Crippen LogP contribution in [0.25, 0.3) is 0 Å². The van der Waals surface area contributed by atoms with Gasteiger partial charge in [0.05, 0.1) is 12.3 Å². The standard InChI is InChI=1S/C10H14BrNO/c1-3-4-13-10-7(2)5-8(11)6-9(10)12/h5-6H,3-4,12H2,1-2H3. The minimum atomic E-state index is 0.695. The molecule has 0 bridgehead atoms. The van der Waals surface area contributed by atoms with Crippen molar-refractivity contribution in [1.82, 2.24) is 0 Å². The van der Waals surface area contributed by atoms with Crippen molar-refractivity contribution in [3.8, 4) is 5.75 Å². The molecule has 0 heterocycles. The molecule has 13 heavy (non-hydrogen) atoms. The fourth-order valence-electron chi connectivity index (χ4n) is 1.16. The molecule has 0 spiro atoms. The molecule has 0 fully saturated rings. The molecule has 2 N–H and O–H groups in total. The Morgan fingerprint density at radius 2 is 2.15 bits per heavy atom. The first-order valence-electron chi connectivity index (χ1n) is 4.33. The summed E-state index contributed by atoms with van der Waals surface area (Å²) in [5.41, 5.74) is 7.57. The fraction of sp³-hybridized carbons (Fsp3) is 0.400. The molecule has 1 aromatic carbocycles. The van der Waals surface area contributed by atoms with E-state index < -0.39 is 0 Å². The first-order valence-corrected chi connectivity index (χ1v) is 5.13. The van der Waals surface area contributed by atoms with Gasteiger partial charge in [-0.1, -0.05) is 22.9 Å². The highest BCUT2D eigenvalue weighted by Crippen LogP contribution is 2.29. The molecule has 0 unspecified atom stereocenters. The van der Waals surface area contributed by atoms with Crippen molar-refractivity contribution in [3.05, 3.63) is 22.2 Å². The second kappa shape index (κ2) is 4.51. The van der Waals surface area contributed by atoms with E-state index in [9.17, 15) is 0 Å². The van der Waals surface area contributed by atoms with Gasteiger partial charge in [-0.05, 0) is 31.0 Å². The lowest BCUT2D eigenvalue weighted by Crippen LogP contribution is -2.00. The van der Waals surface area contributed by atoms with Crippen molar-refractivity contribution in [1.29, 1.82) is 0 Å². The van der Waals surface area contributed by atoms with E-state index in [0.717, 1.165) is 22.2 Å². The highest BCUT2D eigenvalue weighted by atomic mass is 79.9. The summed E-state index contributed by atoms with van der Waals surface area (Å²) in [6.07, 6.45) is 0.995. The topological polar surface area (TPSA) is 35.2 Å². The third-order valence-corrected chi connectivity index (χ3v) is 2.18. The normalized spacial score (nSPS) is 10.1. The van der Waals surface area contributed by atoms with Crippen LogP contribution in [0.3, 0.4) is 0 Å². The maximum absolute atomic E-state index is 5.81. The third kappa shape index (κ3) is 2.62. The number of benzene rings is 1. The van der Waals surface area contributed by atoms with Crippen molar-refractivity contribution in [2.24, 2.45) is 0 Å². The maximum Gasteiger partial charge on any atom is 0.145 e. The predicted octanol–water partition coefficient (Wildman–Crippen LogP) is 3.13. The fourth-order valence-corrected chi connectivity index (χ4v) is 1.75.